The van der Waals surface area contributed by atoms with Crippen LogP contribution in [0.25, 0.3) is 0 Å². The summed E-state index contributed by atoms with van der Waals surface area (Å²) in [6, 6.07) is 8.00. The molecule has 102 valence electrons. The van der Waals surface area contributed by atoms with Crippen molar-refractivity contribution in [2.45, 2.75) is 31.3 Å². The first-order chi connectivity index (χ1) is 9.08. The highest BCUT2D eigenvalue weighted by Crippen LogP contribution is 2.34. The van der Waals surface area contributed by atoms with Crippen molar-refractivity contribution in [1.29, 1.82) is 0 Å². The maximum Gasteiger partial charge on any atom is 0.305 e. The number of carbonyl (C=O) groups excluding carboxylic acids is 1. The summed E-state index contributed by atoms with van der Waals surface area (Å²) >= 11 is 0. The Balaban J connectivity index is 1.97. The molecule has 2 rings (SSSR count). The molecule has 2 atom stereocenters. The Hall–Kier alpha value is -1.88. The van der Waals surface area contributed by atoms with Gasteiger partial charge in [-0.25, -0.2) is 0 Å². The summed E-state index contributed by atoms with van der Waals surface area (Å²) < 4.78 is 0. The van der Waals surface area contributed by atoms with Crippen LogP contribution >= 0.6 is 0 Å². The minimum absolute atomic E-state index is 0.0437. The lowest BCUT2D eigenvalue weighted by atomic mass is 10.0. The maximum atomic E-state index is 12.0. The zero-order valence-corrected chi connectivity index (χ0v) is 10.6. The average Bonchev–Trinajstić information content (AvgIpc) is 3.21. The molecule has 0 heterocycles. The molecule has 1 aliphatic rings. The van der Waals surface area contributed by atoms with Crippen LogP contribution in [0.3, 0.4) is 0 Å². The average molecular weight is 262 g/mol. The van der Waals surface area contributed by atoms with Gasteiger partial charge in [0.15, 0.2) is 0 Å². The predicted molar refractivity (Wildman–Crippen MR) is 70.3 cm³/mol. The van der Waals surface area contributed by atoms with Crippen molar-refractivity contribution in [3.8, 4) is 0 Å². The Morgan fingerprint density at radius 3 is 2.47 bits per heavy atom. The van der Waals surface area contributed by atoms with Crippen molar-refractivity contribution in [3.63, 3.8) is 0 Å². The fourth-order valence-corrected chi connectivity index (χ4v) is 2.11. The number of aliphatic carboxylic acids is 1. The molecule has 1 aromatic carbocycles. The van der Waals surface area contributed by atoms with Gasteiger partial charge in [-0.2, -0.15) is 0 Å². The van der Waals surface area contributed by atoms with Gasteiger partial charge in [-0.3, -0.25) is 9.59 Å². The van der Waals surface area contributed by atoms with Crippen LogP contribution in [0.4, 0.5) is 0 Å². The van der Waals surface area contributed by atoms with E-state index >= 15 is 0 Å². The molecule has 0 aliphatic heterocycles. The molecule has 0 spiro atoms. The van der Waals surface area contributed by atoms with Crippen LogP contribution < -0.4 is 11.1 Å². The lowest BCUT2D eigenvalue weighted by molar-refractivity contribution is -0.138. The molecule has 1 aromatic rings. The number of carbonyl (C=O) groups is 2. The van der Waals surface area contributed by atoms with E-state index < -0.39 is 12.0 Å². The van der Waals surface area contributed by atoms with Crippen molar-refractivity contribution in [2.24, 2.45) is 11.7 Å². The third-order valence-corrected chi connectivity index (χ3v) is 3.35. The second kappa shape index (κ2) is 5.84. The Bertz CT molecular complexity index is 457. The molecule has 5 heteroatoms. The lowest BCUT2D eigenvalue weighted by Gasteiger charge is -2.19. The van der Waals surface area contributed by atoms with Crippen LogP contribution in [-0.2, 0) is 9.59 Å². The third kappa shape index (κ3) is 3.79. The summed E-state index contributed by atoms with van der Waals surface area (Å²) in [4.78, 5) is 22.8. The number of carboxylic acid groups (broad SMARTS) is 1. The Morgan fingerprint density at radius 1 is 1.32 bits per heavy atom. The van der Waals surface area contributed by atoms with Crippen molar-refractivity contribution >= 4 is 11.9 Å². The minimum atomic E-state index is -0.898. The van der Waals surface area contributed by atoms with Gasteiger partial charge in [0.05, 0.1) is 6.42 Å². The van der Waals surface area contributed by atoms with E-state index in [2.05, 4.69) is 5.32 Å². The zero-order valence-electron chi connectivity index (χ0n) is 10.6. The molecule has 0 saturated heterocycles. The van der Waals surface area contributed by atoms with E-state index in [-0.39, 0.29) is 24.3 Å². The predicted octanol–water partition coefficient (Wildman–Crippen LogP) is 1.06. The van der Waals surface area contributed by atoms with Crippen LogP contribution in [0.5, 0.6) is 0 Å². The molecule has 4 N–H and O–H groups in total. The second-order valence-corrected chi connectivity index (χ2v) is 4.94. The lowest BCUT2D eigenvalue weighted by Crippen LogP contribution is -2.43. The van der Waals surface area contributed by atoms with Gasteiger partial charge in [-0.1, -0.05) is 30.3 Å². The van der Waals surface area contributed by atoms with E-state index in [4.69, 9.17) is 10.8 Å². The van der Waals surface area contributed by atoms with Gasteiger partial charge < -0.3 is 16.2 Å². The molecule has 0 bridgehead atoms. The first-order valence-electron chi connectivity index (χ1n) is 6.40. The van der Waals surface area contributed by atoms with Gasteiger partial charge in [0.2, 0.25) is 5.91 Å². The smallest absolute Gasteiger partial charge is 0.305 e. The highest BCUT2D eigenvalue weighted by Gasteiger charge is 2.34. The van der Waals surface area contributed by atoms with Gasteiger partial charge in [0.25, 0.3) is 0 Å². The number of amides is 1. The Morgan fingerprint density at radius 2 is 1.95 bits per heavy atom. The molecule has 1 aliphatic carbocycles. The number of carboxylic acids is 1. The number of rotatable bonds is 6. The summed E-state index contributed by atoms with van der Waals surface area (Å²) in [7, 11) is 0. The number of nitrogens with one attached hydrogen (secondary N) is 1. The second-order valence-electron chi connectivity index (χ2n) is 4.94. The fraction of sp³-hybridized carbons (Fsp3) is 0.429. The molecule has 0 aromatic heterocycles. The molecule has 5 nitrogen and oxygen atoms in total. The van der Waals surface area contributed by atoms with Gasteiger partial charge in [0, 0.05) is 6.04 Å². The molecule has 19 heavy (non-hydrogen) atoms. The summed E-state index contributed by atoms with van der Waals surface area (Å²) in [6.45, 7) is 0. The van der Waals surface area contributed by atoms with Crippen LogP contribution in [-0.4, -0.2) is 23.0 Å². The third-order valence-electron chi connectivity index (χ3n) is 3.35. The van der Waals surface area contributed by atoms with Crippen LogP contribution in [0, 0.1) is 5.92 Å². The maximum absolute atomic E-state index is 12.0. The van der Waals surface area contributed by atoms with E-state index in [0.29, 0.717) is 0 Å². The highest BCUT2D eigenvalue weighted by molar-refractivity contribution is 5.83. The van der Waals surface area contributed by atoms with E-state index in [1.807, 2.05) is 18.2 Å². The monoisotopic (exact) mass is 262 g/mol. The van der Waals surface area contributed by atoms with Crippen molar-refractivity contribution in [1.82, 2.24) is 5.32 Å². The summed E-state index contributed by atoms with van der Waals surface area (Å²) in [5, 5.41) is 11.6. The molecule has 1 saturated carbocycles. The van der Waals surface area contributed by atoms with E-state index in [9.17, 15) is 9.59 Å². The molecule has 1 amide bonds. The van der Waals surface area contributed by atoms with Gasteiger partial charge in [0.1, 0.15) is 6.04 Å². The Kier molecular flexibility index (Phi) is 4.16. The zero-order chi connectivity index (χ0) is 13.8. The number of benzene rings is 1. The molecule has 0 radical (unpaired) electrons. The van der Waals surface area contributed by atoms with Crippen molar-refractivity contribution in [2.75, 3.05) is 0 Å². The summed E-state index contributed by atoms with van der Waals surface area (Å²) in [5.74, 6) is -0.933. The van der Waals surface area contributed by atoms with Crippen LogP contribution in [0.1, 0.15) is 30.9 Å². The largest absolute Gasteiger partial charge is 0.481 e. The van der Waals surface area contributed by atoms with E-state index in [1.54, 1.807) is 12.1 Å². The first-order valence-corrected chi connectivity index (χ1v) is 6.40. The molecule has 1 unspecified atom stereocenters. The SMILES string of the molecule is N[C@H](C(=O)NC(CC(=O)O)C1CC1)c1ccccc1. The topological polar surface area (TPSA) is 92.4 Å². The molecular weight excluding hydrogens is 244 g/mol. The fourth-order valence-electron chi connectivity index (χ4n) is 2.11. The summed E-state index contributed by atoms with van der Waals surface area (Å²) in [6.07, 6.45) is 1.90. The van der Waals surface area contributed by atoms with Gasteiger partial charge in [-0.05, 0) is 24.3 Å². The minimum Gasteiger partial charge on any atom is -0.481 e. The van der Waals surface area contributed by atoms with E-state index in [0.717, 1.165) is 18.4 Å². The number of hydrogen-bond donors (Lipinski definition) is 3. The Labute approximate surface area is 111 Å². The summed E-state index contributed by atoms with van der Waals surface area (Å²) in [5.41, 5.74) is 6.61. The highest BCUT2D eigenvalue weighted by atomic mass is 16.4. The van der Waals surface area contributed by atoms with Crippen molar-refractivity contribution < 1.29 is 14.7 Å². The van der Waals surface area contributed by atoms with Crippen LogP contribution in [0.15, 0.2) is 30.3 Å². The van der Waals surface area contributed by atoms with E-state index in [1.165, 1.54) is 0 Å². The van der Waals surface area contributed by atoms with Crippen LogP contribution in [0.2, 0.25) is 0 Å². The molecular formula is C14H18N2O3. The number of hydrogen-bond acceptors (Lipinski definition) is 3. The van der Waals surface area contributed by atoms with Gasteiger partial charge >= 0.3 is 5.97 Å². The quantitative estimate of drug-likeness (QED) is 0.714. The first kappa shape index (κ1) is 13.5. The standard InChI is InChI=1S/C14H18N2O3/c15-13(10-4-2-1-3-5-10)14(19)16-11(8-12(17)18)9-6-7-9/h1-5,9,11,13H,6-8,15H2,(H,16,19)(H,17,18)/t11?,13-/m0/s1. The normalized spacial score (nSPS) is 17.5. The number of nitrogens with two attached hydrogens (primary N) is 1. The molecule has 1 fully saturated rings. The van der Waals surface area contributed by atoms with Gasteiger partial charge in [-0.15, -0.1) is 0 Å². The van der Waals surface area contributed by atoms with Crippen molar-refractivity contribution in [3.05, 3.63) is 35.9 Å².